The number of nitrogens with one attached hydrogen (secondary N) is 2. The Kier molecular flexibility index (Phi) is 19.3. The topological polar surface area (TPSA) is 79.8 Å². The van der Waals surface area contributed by atoms with Crippen LogP contribution >= 0.6 is 11.8 Å². The molecular formula is C26H40N2O4S. The number of rotatable bonds is 8. The predicted octanol–water partition coefficient (Wildman–Crippen LogP) is 6.63. The van der Waals surface area contributed by atoms with Crippen LogP contribution in [-0.2, 0) is 11.2 Å². The number of anilines is 1. The van der Waals surface area contributed by atoms with Crippen LogP contribution in [0.3, 0.4) is 0 Å². The minimum Gasteiger partial charge on any atom is -0.493 e. The molecular weight excluding hydrogens is 436 g/mol. The van der Waals surface area contributed by atoms with E-state index in [1.54, 1.807) is 32.8 Å². The minimum atomic E-state index is -0.393. The molecule has 0 spiro atoms. The molecule has 1 amide bonds. The summed E-state index contributed by atoms with van der Waals surface area (Å²) in [5.74, 6) is 1.17. The second-order valence-electron chi connectivity index (χ2n) is 6.12. The molecule has 33 heavy (non-hydrogen) atoms. The fourth-order valence-corrected chi connectivity index (χ4v) is 3.50. The lowest BCUT2D eigenvalue weighted by Gasteiger charge is -2.13. The summed E-state index contributed by atoms with van der Waals surface area (Å²) in [6.45, 7) is 19.5. The Bertz CT molecular complexity index is 828. The van der Waals surface area contributed by atoms with Crippen LogP contribution in [0.1, 0.15) is 38.8 Å². The average Bonchev–Trinajstić information content (AvgIpc) is 2.87. The van der Waals surface area contributed by atoms with Crippen LogP contribution in [0, 0.1) is 6.92 Å². The summed E-state index contributed by atoms with van der Waals surface area (Å²) in [5.41, 5.74) is 4.97. The molecule has 184 valence electrons. The lowest BCUT2D eigenvalue weighted by Crippen LogP contribution is -2.27. The van der Waals surface area contributed by atoms with E-state index in [0.29, 0.717) is 0 Å². The lowest BCUT2D eigenvalue weighted by atomic mass is 10.1. The molecule has 1 atom stereocenters. The van der Waals surface area contributed by atoms with Gasteiger partial charge in [0.25, 0.3) is 5.91 Å². The maximum Gasteiger partial charge on any atom is 0.256 e. The molecule has 1 unspecified atom stereocenters. The van der Waals surface area contributed by atoms with E-state index >= 15 is 0 Å². The fraction of sp³-hybridized carbons (Fsp3) is 0.346. The van der Waals surface area contributed by atoms with E-state index < -0.39 is 5.91 Å². The third-order valence-electron chi connectivity index (χ3n) is 4.03. The van der Waals surface area contributed by atoms with Crippen molar-refractivity contribution in [2.75, 3.05) is 19.5 Å². The van der Waals surface area contributed by atoms with Crippen LogP contribution in [0.5, 0.6) is 11.5 Å². The average molecular weight is 477 g/mol. The van der Waals surface area contributed by atoms with Crippen molar-refractivity contribution in [3.63, 3.8) is 0 Å². The maximum atomic E-state index is 11.3. The zero-order valence-electron chi connectivity index (χ0n) is 21.0. The molecule has 2 aromatic carbocycles. The molecule has 7 heteroatoms. The Balaban J connectivity index is 0. The van der Waals surface area contributed by atoms with Gasteiger partial charge in [0.05, 0.1) is 19.5 Å². The van der Waals surface area contributed by atoms with Crippen molar-refractivity contribution in [1.82, 2.24) is 5.48 Å². The third kappa shape index (κ3) is 12.1. The molecule has 0 radical (unpaired) electrons. The number of benzene rings is 2. The van der Waals surface area contributed by atoms with Crippen LogP contribution < -0.4 is 20.3 Å². The van der Waals surface area contributed by atoms with E-state index in [4.69, 9.17) is 14.7 Å². The molecule has 0 aliphatic rings. The number of hydrogen-bond donors (Lipinski definition) is 3. The molecule has 0 saturated heterocycles. The van der Waals surface area contributed by atoms with E-state index in [1.807, 2.05) is 57.2 Å². The van der Waals surface area contributed by atoms with E-state index in [1.165, 1.54) is 17.3 Å². The number of carbonyl (C=O) groups excluding carboxylic acids is 1. The number of aryl methyl sites for hydroxylation is 2. The highest BCUT2D eigenvalue weighted by Crippen LogP contribution is 2.29. The number of hydroxylamine groups is 1. The monoisotopic (exact) mass is 476 g/mol. The second kappa shape index (κ2) is 19.8. The number of hydrogen-bond acceptors (Lipinski definition) is 6. The maximum absolute atomic E-state index is 11.3. The van der Waals surface area contributed by atoms with Crippen LogP contribution in [0.2, 0.25) is 0 Å². The first-order chi connectivity index (χ1) is 15.9. The number of ether oxygens (including phenoxy) is 2. The van der Waals surface area contributed by atoms with Crippen molar-refractivity contribution < 1.29 is 19.5 Å². The highest BCUT2D eigenvalue weighted by molar-refractivity contribution is 8.00. The van der Waals surface area contributed by atoms with Gasteiger partial charge in [-0.1, -0.05) is 33.4 Å². The first kappa shape index (κ1) is 32.3. The molecule has 6 nitrogen and oxygen atoms in total. The molecule has 0 aliphatic heterocycles. The van der Waals surface area contributed by atoms with Gasteiger partial charge in [0, 0.05) is 10.6 Å². The summed E-state index contributed by atoms with van der Waals surface area (Å²) in [4.78, 5) is 12.3. The summed E-state index contributed by atoms with van der Waals surface area (Å²) in [6, 6.07) is 11.8. The normalized spacial score (nSPS) is 9.82. The highest BCUT2D eigenvalue weighted by Gasteiger charge is 2.15. The van der Waals surface area contributed by atoms with E-state index in [2.05, 4.69) is 32.0 Å². The molecule has 3 N–H and O–H groups in total. The Morgan fingerprint density at radius 2 is 1.73 bits per heavy atom. The van der Waals surface area contributed by atoms with E-state index in [-0.39, 0.29) is 5.25 Å². The van der Waals surface area contributed by atoms with Crippen molar-refractivity contribution in [2.45, 2.75) is 51.2 Å². The molecule has 0 aromatic heterocycles. The largest absolute Gasteiger partial charge is 0.493 e. The van der Waals surface area contributed by atoms with Crippen molar-refractivity contribution in [3.05, 3.63) is 73.5 Å². The molecule has 0 aliphatic carbocycles. The molecule has 0 heterocycles. The smallest absolute Gasteiger partial charge is 0.256 e. The summed E-state index contributed by atoms with van der Waals surface area (Å²) < 4.78 is 10.2. The van der Waals surface area contributed by atoms with Crippen LogP contribution in [0.4, 0.5) is 5.69 Å². The molecule has 2 aromatic rings. The quantitative estimate of drug-likeness (QED) is 0.172. The molecule has 0 saturated carbocycles. The number of methoxy groups -OCH3 is 2. The summed E-state index contributed by atoms with van der Waals surface area (Å²) in [7, 11) is 3.27. The van der Waals surface area contributed by atoms with Crippen molar-refractivity contribution in [1.29, 1.82) is 0 Å². The van der Waals surface area contributed by atoms with E-state index in [9.17, 15) is 4.79 Å². The number of amides is 1. The number of thioether (sulfide) groups is 1. The molecule has 2 rings (SSSR count). The van der Waals surface area contributed by atoms with Gasteiger partial charge >= 0.3 is 0 Å². The van der Waals surface area contributed by atoms with Gasteiger partial charge < -0.3 is 14.8 Å². The number of carbonyl (C=O) groups is 1. The first-order valence-electron chi connectivity index (χ1n) is 10.7. The van der Waals surface area contributed by atoms with Gasteiger partial charge in [-0.15, -0.1) is 24.9 Å². The van der Waals surface area contributed by atoms with Gasteiger partial charge in [-0.3, -0.25) is 10.0 Å². The minimum absolute atomic E-state index is 0.335. The Morgan fingerprint density at radius 3 is 2.21 bits per heavy atom. The zero-order chi connectivity index (χ0) is 25.8. The van der Waals surface area contributed by atoms with Gasteiger partial charge in [0.1, 0.15) is 0 Å². The van der Waals surface area contributed by atoms with Gasteiger partial charge in [-0.05, 0) is 67.9 Å². The Labute approximate surface area is 204 Å². The van der Waals surface area contributed by atoms with E-state index in [0.717, 1.165) is 34.1 Å². The summed E-state index contributed by atoms with van der Waals surface area (Å²) >= 11 is 1.43. The first-order valence-corrected chi connectivity index (χ1v) is 11.6. The molecule has 0 bridgehead atoms. The van der Waals surface area contributed by atoms with Crippen LogP contribution in [-0.4, -0.2) is 30.6 Å². The fourth-order valence-electron chi connectivity index (χ4n) is 2.46. The van der Waals surface area contributed by atoms with Crippen LogP contribution in [0.25, 0.3) is 0 Å². The zero-order valence-corrected chi connectivity index (χ0v) is 21.8. The van der Waals surface area contributed by atoms with Crippen molar-refractivity contribution in [3.8, 4) is 11.5 Å². The molecule has 0 fully saturated rings. The third-order valence-corrected chi connectivity index (χ3v) is 5.25. The van der Waals surface area contributed by atoms with Crippen LogP contribution in [0.15, 0.2) is 67.2 Å². The Morgan fingerprint density at radius 1 is 1.12 bits per heavy atom. The predicted molar refractivity (Wildman–Crippen MR) is 142 cm³/mol. The van der Waals surface area contributed by atoms with Gasteiger partial charge in [-0.2, -0.15) is 0 Å². The lowest BCUT2D eigenvalue weighted by molar-refractivity contribution is -0.128. The van der Waals surface area contributed by atoms with Crippen molar-refractivity contribution in [2.24, 2.45) is 0 Å². The summed E-state index contributed by atoms with van der Waals surface area (Å²) in [5, 5.41) is 11.3. The van der Waals surface area contributed by atoms with Gasteiger partial charge in [0.15, 0.2) is 11.5 Å². The highest BCUT2D eigenvalue weighted by atomic mass is 32.2. The van der Waals surface area contributed by atoms with Gasteiger partial charge in [-0.25, -0.2) is 5.48 Å². The summed E-state index contributed by atoms with van der Waals surface area (Å²) in [6.07, 6.45) is 2.51. The Hall–Kier alpha value is -2.90. The SMILES string of the molecule is C=C.C=CNc1ccc(SC(C)C(=O)NO)c(CC)c1.CC.COc1ccc(C)cc1OC. The van der Waals surface area contributed by atoms with Crippen molar-refractivity contribution >= 4 is 23.4 Å². The standard InChI is InChI=1S/C13H18N2O2S.C9H12O2.C2H6.C2H4/c1-4-10-8-11(14-5-2)6-7-12(10)18-9(3)13(16)15-17;1-7-4-5-8(10-2)9(6-7)11-3;2*1-2/h5-9,14,17H,2,4H2,1,3H3,(H,15,16);4-6H,1-3H3;1-2H3;1-2H2. The second-order valence-corrected chi connectivity index (χ2v) is 7.50. The van der Waals surface area contributed by atoms with Gasteiger partial charge in [0.2, 0.25) is 0 Å².